The molecule has 1 atom stereocenters. The van der Waals surface area contributed by atoms with Gasteiger partial charge in [0, 0.05) is 37.2 Å². The molecule has 0 radical (unpaired) electrons. The molecule has 0 bridgehead atoms. The molecule has 1 aromatic rings. The summed E-state index contributed by atoms with van der Waals surface area (Å²) in [6.07, 6.45) is 0.296. The highest BCUT2D eigenvalue weighted by atomic mass is 35.5. The Kier molecular flexibility index (Phi) is 5.40. The van der Waals surface area contributed by atoms with Crippen molar-refractivity contribution in [1.82, 2.24) is 10.2 Å². The van der Waals surface area contributed by atoms with E-state index < -0.39 is 0 Å². The van der Waals surface area contributed by atoms with E-state index in [1.165, 1.54) is 7.11 Å². The van der Waals surface area contributed by atoms with Crippen LogP contribution in [0, 0.1) is 0 Å². The van der Waals surface area contributed by atoms with Gasteiger partial charge in [0.2, 0.25) is 0 Å². The predicted molar refractivity (Wildman–Crippen MR) is 79.9 cm³/mol. The minimum absolute atomic E-state index is 0.220. The Balaban J connectivity index is 2.12. The van der Waals surface area contributed by atoms with Crippen molar-refractivity contribution in [2.75, 3.05) is 26.7 Å². The topological polar surface area (TPSA) is 41.6 Å². The number of piperazine rings is 1. The van der Waals surface area contributed by atoms with Crippen LogP contribution in [0.2, 0.25) is 5.02 Å². The van der Waals surface area contributed by atoms with Crippen molar-refractivity contribution >= 4 is 17.6 Å². The highest BCUT2D eigenvalue weighted by molar-refractivity contribution is 6.30. The number of hydrogen-bond acceptors (Lipinski definition) is 4. The molecule has 1 aromatic carbocycles. The molecule has 0 aliphatic carbocycles. The normalized spacial score (nSPS) is 19.9. The molecule has 4 nitrogen and oxygen atoms in total. The zero-order valence-corrected chi connectivity index (χ0v) is 12.7. The maximum atomic E-state index is 11.5. The highest BCUT2D eigenvalue weighted by Crippen LogP contribution is 2.19. The summed E-state index contributed by atoms with van der Waals surface area (Å²) in [6, 6.07) is 6.18. The lowest BCUT2D eigenvalue weighted by atomic mass is 10.0. The number of carbonyl (C=O) groups is 1. The molecule has 20 heavy (non-hydrogen) atoms. The molecule has 1 saturated heterocycles. The number of nitrogens with one attached hydrogen (secondary N) is 1. The summed E-state index contributed by atoms with van der Waals surface area (Å²) in [5, 5.41) is 4.13. The van der Waals surface area contributed by atoms with Crippen molar-refractivity contribution in [3.05, 3.63) is 34.3 Å². The van der Waals surface area contributed by atoms with Gasteiger partial charge in [-0.05, 0) is 30.2 Å². The molecule has 5 heteroatoms. The summed E-state index contributed by atoms with van der Waals surface area (Å²) >= 11 is 6.09. The molecule has 0 spiro atoms. The van der Waals surface area contributed by atoms with Gasteiger partial charge in [-0.15, -0.1) is 0 Å². The zero-order valence-electron chi connectivity index (χ0n) is 12.0. The number of carbonyl (C=O) groups excluding carboxylic acids is 1. The molecule has 0 amide bonds. The third-order valence-corrected chi connectivity index (χ3v) is 3.81. The maximum Gasteiger partial charge on any atom is 0.309 e. The van der Waals surface area contributed by atoms with Crippen LogP contribution in [-0.4, -0.2) is 43.7 Å². The minimum atomic E-state index is -0.220. The molecule has 110 valence electrons. The van der Waals surface area contributed by atoms with Gasteiger partial charge in [-0.2, -0.15) is 0 Å². The summed E-state index contributed by atoms with van der Waals surface area (Å²) in [7, 11) is 1.41. The Morgan fingerprint density at radius 1 is 1.50 bits per heavy atom. The molecule has 1 aliphatic heterocycles. The number of esters is 1. The van der Waals surface area contributed by atoms with Crippen molar-refractivity contribution in [1.29, 1.82) is 0 Å². The van der Waals surface area contributed by atoms with Gasteiger partial charge in [0.25, 0.3) is 0 Å². The van der Waals surface area contributed by atoms with E-state index in [9.17, 15) is 4.79 Å². The Bertz CT molecular complexity index is 479. The summed E-state index contributed by atoms with van der Waals surface area (Å²) < 4.78 is 4.75. The molecular weight excluding hydrogens is 276 g/mol. The number of halogens is 1. The van der Waals surface area contributed by atoms with Crippen LogP contribution in [0.5, 0.6) is 0 Å². The molecule has 0 unspecified atom stereocenters. The molecule has 1 N–H and O–H groups in total. The standard InChI is InChI=1S/C15H21ClN2O2/c1-11-9-18(6-5-17-11)10-13-7-14(16)4-3-12(13)8-15(19)20-2/h3-4,7,11,17H,5-6,8-10H2,1-2H3/t11-/m0/s1. The van der Waals surface area contributed by atoms with Gasteiger partial charge in [0.05, 0.1) is 13.5 Å². The average molecular weight is 297 g/mol. The number of ether oxygens (including phenoxy) is 1. The van der Waals surface area contributed by atoms with Crippen molar-refractivity contribution in [2.24, 2.45) is 0 Å². The van der Waals surface area contributed by atoms with Crippen LogP contribution >= 0.6 is 11.6 Å². The number of methoxy groups -OCH3 is 1. The summed E-state index contributed by atoms with van der Waals surface area (Å²) in [5.74, 6) is -0.220. The Labute approximate surface area is 125 Å². The number of nitrogens with zero attached hydrogens (tertiary/aromatic N) is 1. The summed E-state index contributed by atoms with van der Waals surface area (Å²) in [6.45, 7) is 6.01. The molecule has 1 heterocycles. The molecule has 1 fully saturated rings. The van der Waals surface area contributed by atoms with Gasteiger partial charge in [-0.25, -0.2) is 0 Å². The first-order valence-corrected chi connectivity index (χ1v) is 7.26. The Hall–Kier alpha value is -1.10. The van der Waals surface area contributed by atoms with Gasteiger partial charge in [-0.3, -0.25) is 9.69 Å². The second-order valence-corrected chi connectivity index (χ2v) is 5.69. The van der Waals surface area contributed by atoms with Crippen LogP contribution in [0.4, 0.5) is 0 Å². The van der Waals surface area contributed by atoms with E-state index in [0.717, 1.165) is 37.3 Å². The zero-order chi connectivity index (χ0) is 14.5. The second kappa shape index (κ2) is 7.07. The van der Waals surface area contributed by atoms with E-state index in [2.05, 4.69) is 17.1 Å². The fraction of sp³-hybridized carbons (Fsp3) is 0.533. The van der Waals surface area contributed by atoms with Gasteiger partial charge in [0.1, 0.15) is 0 Å². The second-order valence-electron chi connectivity index (χ2n) is 5.26. The number of rotatable bonds is 4. The van der Waals surface area contributed by atoms with Crippen LogP contribution in [0.3, 0.4) is 0 Å². The fourth-order valence-corrected chi connectivity index (χ4v) is 2.73. The first kappa shape index (κ1) is 15.3. The highest BCUT2D eigenvalue weighted by Gasteiger charge is 2.17. The van der Waals surface area contributed by atoms with E-state index in [1.807, 2.05) is 18.2 Å². The molecule has 0 aromatic heterocycles. The Morgan fingerprint density at radius 2 is 2.30 bits per heavy atom. The van der Waals surface area contributed by atoms with Crippen molar-refractivity contribution < 1.29 is 9.53 Å². The van der Waals surface area contributed by atoms with Gasteiger partial charge in [0.15, 0.2) is 0 Å². The molecule has 2 rings (SSSR count). The van der Waals surface area contributed by atoms with Crippen LogP contribution in [0.1, 0.15) is 18.1 Å². The SMILES string of the molecule is COC(=O)Cc1ccc(Cl)cc1CN1CCN[C@@H](C)C1. The van der Waals surface area contributed by atoms with Crippen molar-refractivity contribution in [3.63, 3.8) is 0 Å². The largest absolute Gasteiger partial charge is 0.469 e. The van der Waals surface area contributed by atoms with E-state index in [0.29, 0.717) is 17.5 Å². The van der Waals surface area contributed by atoms with Crippen molar-refractivity contribution in [3.8, 4) is 0 Å². The molecule has 1 aliphatic rings. The average Bonchev–Trinajstić information content (AvgIpc) is 2.41. The lowest BCUT2D eigenvalue weighted by molar-refractivity contribution is -0.139. The van der Waals surface area contributed by atoms with Crippen LogP contribution in [-0.2, 0) is 22.5 Å². The van der Waals surface area contributed by atoms with Crippen LogP contribution in [0.25, 0.3) is 0 Å². The molecular formula is C15H21ClN2O2. The lowest BCUT2D eigenvalue weighted by Crippen LogP contribution is -2.48. The van der Waals surface area contributed by atoms with Gasteiger partial charge in [-0.1, -0.05) is 17.7 Å². The monoisotopic (exact) mass is 296 g/mol. The van der Waals surface area contributed by atoms with E-state index in [4.69, 9.17) is 16.3 Å². The summed E-state index contributed by atoms with van der Waals surface area (Å²) in [5.41, 5.74) is 2.10. The number of benzene rings is 1. The number of hydrogen-bond donors (Lipinski definition) is 1. The summed E-state index contributed by atoms with van der Waals surface area (Å²) in [4.78, 5) is 13.9. The van der Waals surface area contributed by atoms with Gasteiger partial charge >= 0.3 is 5.97 Å². The first-order chi connectivity index (χ1) is 9.58. The fourth-order valence-electron chi connectivity index (χ4n) is 2.54. The van der Waals surface area contributed by atoms with Crippen LogP contribution in [0.15, 0.2) is 18.2 Å². The van der Waals surface area contributed by atoms with E-state index in [-0.39, 0.29) is 5.97 Å². The minimum Gasteiger partial charge on any atom is -0.469 e. The van der Waals surface area contributed by atoms with Crippen molar-refractivity contribution in [2.45, 2.75) is 25.9 Å². The van der Waals surface area contributed by atoms with Crippen LogP contribution < -0.4 is 5.32 Å². The van der Waals surface area contributed by atoms with E-state index in [1.54, 1.807) is 0 Å². The first-order valence-electron chi connectivity index (χ1n) is 6.88. The third-order valence-electron chi connectivity index (χ3n) is 3.58. The smallest absolute Gasteiger partial charge is 0.309 e. The van der Waals surface area contributed by atoms with Gasteiger partial charge < -0.3 is 10.1 Å². The quantitative estimate of drug-likeness (QED) is 0.861. The lowest BCUT2D eigenvalue weighted by Gasteiger charge is -2.32. The molecule has 0 saturated carbocycles. The third kappa shape index (κ3) is 4.20. The van der Waals surface area contributed by atoms with E-state index >= 15 is 0 Å². The Morgan fingerprint density at radius 3 is 3.00 bits per heavy atom. The predicted octanol–water partition coefficient (Wildman–Crippen LogP) is 1.85. The maximum absolute atomic E-state index is 11.5.